The molecule has 0 radical (unpaired) electrons. The van der Waals surface area contributed by atoms with Gasteiger partial charge in [0.15, 0.2) is 11.6 Å². The lowest BCUT2D eigenvalue weighted by Gasteiger charge is -2.41. The lowest BCUT2D eigenvalue weighted by molar-refractivity contribution is -0.131. The number of halogens is 3. The summed E-state index contributed by atoms with van der Waals surface area (Å²) < 4.78 is 51.7. The average Bonchev–Trinajstić information content (AvgIpc) is 3.33. The van der Waals surface area contributed by atoms with Crippen LogP contribution in [0.2, 0.25) is 0 Å². The third-order valence-corrected chi connectivity index (χ3v) is 8.71. The topological polar surface area (TPSA) is 105 Å². The van der Waals surface area contributed by atoms with Gasteiger partial charge in [0.2, 0.25) is 0 Å². The minimum absolute atomic E-state index is 0.0899. The van der Waals surface area contributed by atoms with Crippen LogP contribution in [0, 0.1) is 30.9 Å². The summed E-state index contributed by atoms with van der Waals surface area (Å²) in [4.78, 5) is 34.1. The molecule has 1 N–H and O–H groups in total. The molecule has 2 aromatic carbocycles. The van der Waals surface area contributed by atoms with Gasteiger partial charge in [-0.3, -0.25) is 14.8 Å². The molecule has 3 aromatic heterocycles. The largest absolute Gasteiger partial charge is 0.508 e. The highest BCUT2D eigenvalue weighted by Crippen LogP contribution is 2.40. The van der Waals surface area contributed by atoms with Gasteiger partial charge in [-0.2, -0.15) is 9.97 Å². The monoisotopic (exact) mass is 636 g/mol. The number of carbonyl (C=O) groups is 1. The second kappa shape index (κ2) is 11.6. The molecule has 5 aromatic rings. The molecule has 0 saturated carbocycles. The smallest absolute Gasteiger partial charge is 0.318 e. The fourth-order valence-electron chi connectivity index (χ4n) is 6.58. The standard InChI is InChI=1S/C35H27F3N6O3/c1-4-24-27(36)10-6-19-11-23(45)13-25(29(19)24)31-30(38)32-26(15-40-31)33(42-35(41-32)47-3)43-16-21-8-9-22(17-43)44(21)34(46)28(37)12-20-7-5-18(2)14-39-20/h1,5-7,10-15,21-22,45H,8-9,16-17H2,2-3H3/b28-12-. The summed E-state index contributed by atoms with van der Waals surface area (Å²) in [6.45, 7) is 2.48. The van der Waals surface area contributed by atoms with E-state index < -0.39 is 23.4 Å². The Morgan fingerprint density at radius 3 is 2.53 bits per heavy atom. The van der Waals surface area contributed by atoms with E-state index in [0.29, 0.717) is 42.8 Å². The van der Waals surface area contributed by atoms with E-state index in [-0.39, 0.29) is 57.0 Å². The summed E-state index contributed by atoms with van der Waals surface area (Å²) in [7, 11) is 1.36. The van der Waals surface area contributed by atoms with Gasteiger partial charge in [-0.25, -0.2) is 13.2 Å². The number of terminal acetylenes is 1. The van der Waals surface area contributed by atoms with Crippen LogP contribution < -0.4 is 9.64 Å². The number of aromatic hydroxyl groups is 1. The highest BCUT2D eigenvalue weighted by atomic mass is 19.1. The highest BCUT2D eigenvalue weighted by molar-refractivity contribution is 6.03. The van der Waals surface area contributed by atoms with Gasteiger partial charge in [-0.05, 0) is 55.0 Å². The summed E-state index contributed by atoms with van der Waals surface area (Å²) >= 11 is 0. The number of benzene rings is 2. The highest BCUT2D eigenvalue weighted by Gasteiger charge is 2.44. The van der Waals surface area contributed by atoms with Crippen LogP contribution in [0.5, 0.6) is 11.8 Å². The molecule has 2 aliphatic rings. The van der Waals surface area contributed by atoms with E-state index in [1.165, 1.54) is 37.6 Å². The molecular formula is C35H27F3N6O3. The van der Waals surface area contributed by atoms with Crippen molar-refractivity contribution in [2.24, 2.45) is 0 Å². The SMILES string of the molecule is C#Cc1c(F)ccc2cc(O)cc(-c3ncc4c(N5CC6CCC(C5)N6C(=O)/C(F)=C/c5ccc(C)cn5)nc(OC)nc4c3F)c12. The van der Waals surface area contributed by atoms with Crippen LogP contribution >= 0.6 is 0 Å². The number of aromatic nitrogens is 4. The van der Waals surface area contributed by atoms with Crippen molar-refractivity contribution in [3.63, 3.8) is 0 Å². The van der Waals surface area contributed by atoms with E-state index >= 15 is 8.78 Å². The zero-order valence-electron chi connectivity index (χ0n) is 25.3. The Kier molecular flexibility index (Phi) is 7.39. The van der Waals surface area contributed by atoms with Crippen molar-refractivity contribution in [2.45, 2.75) is 31.8 Å². The number of pyridine rings is 2. The Morgan fingerprint density at radius 1 is 1.09 bits per heavy atom. The number of anilines is 1. The maximum Gasteiger partial charge on any atom is 0.318 e. The molecule has 9 nitrogen and oxygen atoms in total. The van der Waals surface area contributed by atoms with Crippen molar-refractivity contribution in [1.82, 2.24) is 24.8 Å². The zero-order valence-corrected chi connectivity index (χ0v) is 25.3. The van der Waals surface area contributed by atoms with Gasteiger partial charge >= 0.3 is 6.01 Å². The number of piperazine rings is 1. The summed E-state index contributed by atoms with van der Waals surface area (Å²) in [5, 5.41) is 11.3. The van der Waals surface area contributed by atoms with Crippen molar-refractivity contribution in [2.75, 3.05) is 25.1 Å². The number of carbonyl (C=O) groups excluding carboxylic acids is 1. The Balaban J connectivity index is 1.26. The maximum absolute atomic E-state index is 16.5. The van der Waals surface area contributed by atoms with Crippen molar-refractivity contribution < 1.29 is 27.8 Å². The van der Waals surface area contributed by atoms with Crippen molar-refractivity contribution in [3.8, 4) is 35.4 Å². The Bertz CT molecular complexity index is 2150. The van der Waals surface area contributed by atoms with Crippen LogP contribution in [0.1, 0.15) is 29.7 Å². The molecule has 47 heavy (non-hydrogen) atoms. The minimum atomic E-state index is -0.896. The molecule has 1 amide bonds. The van der Waals surface area contributed by atoms with Crippen LogP contribution in [-0.4, -0.2) is 68.1 Å². The summed E-state index contributed by atoms with van der Waals surface area (Å²) in [5.41, 5.74) is 0.950. The van der Waals surface area contributed by atoms with Crippen molar-refractivity contribution in [1.29, 1.82) is 0 Å². The number of rotatable bonds is 5. The van der Waals surface area contributed by atoms with Crippen LogP contribution in [0.15, 0.2) is 54.6 Å². The van der Waals surface area contributed by atoms with E-state index in [1.807, 2.05) is 11.8 Å². The lowest BCUT2D eigenvalue weighted by Crippen LogP contribution is -2.56. The lowest BCUT2D eigenvalue weighted by atomic mass is 9.96. The number of aryl methyl sites for hydroxylation is 1. The number of phenolic OH excluding ortho intramolecular Hbond substituents is 1. The van der Waals surface area contributed by atoms with E-state index in [4.69, 9.17) is 11.2 Å². The summed E-state index contributed by atoms with van der Waals surface area (Å²) in [6, 6.07) is 7.99. The Labute approximate surface area is 267 Å². The predicted molar refractivity (Wildman–Crippen MR) is 170 cm³/mol. The molecule has 2 bridgehead atoms. The van der Waals surface area contributed by atoms with Crippen LogP contribution in [0.4, 0.5) is 19.0 Å². The Morgan fingerprint density at radius 2 is 1.85 bits per heavy atom. The van der Waals surface area contributed by atoms with Crippen LogP contribution in [0.3, 0.4) is 0 Å². The minimum Gasteiger partial charge on any atom is -0.508 e. The predicted octanol–water partition coefficient (Wildman–Crippen LogP) is 5.71. The quantitative estimate of drug-likeness (QED) is 0.193. The van der Waals surface area contributed by atoms with Gasteiger partial charge in [0.05, 0.1) is 35.8 Å². The van der Waals surface area contributed by atoms with E-state index in [0.717, 1.165) is 11.6 Å². The molecule has 236 valence electrons. The zero-order chi connectivity index (χ0) is 33.0. The first-order valence-electron chi connectivity index (χ1n) is 14.9. The van der Waals surface area contributed by atoms with Crippen LogP contribution in [-0.2, 0) is 4.79 Å². The number of nitrogens with zero attached hydrogens (tertiary/aromatic N) is 6. The van der Waals surface area contributed by atoms with Crippen molar-refractivity contribution in [3.05, 3.63) is 83.1 Å². The van der Waals surface area contributed by atoms with Gasteiger partial charge in [-0.15, -0.1) is 6.42 Å². The second-order valence-corrected chi connectivity index (χ2v) is 11.6. The second-order valence-electron chi connectivity index (χ2n) is 11.6. The number of phenols is 1. The molecule has 2 atom stereocenters. The van der Waals surface area contributed by atoms with Gasteiger partial charge in [0, 0.05) is 42.5 Å². The van der Waals surface area contributed by atoms with E-state index in [1.54, 1.807) is 23.2 Å². The molecule has 0 aliphatic carbocycles. The third-order valence-electron chi connectivity index (χ3n) is 8.71. The van der Waals surface area contributed by atoms with Gasteiger partial charge < -0.3 is 19.6 Å². The number of fused-ring (bicyclic) bond motifs is 4. The number of amides is 1. The average molecular weight is 637 g/mol. The van der Waals surface area contributed by atoms with Crippen molar-refractivity contribution >= 4 is 39.5 Å². The first-order chi connectivity index (χ1) is 22.7. The molecule has 2 unspecified atom stereocenters. The number of methoxy groups -OCH3 is 1. The molecule has 2 saturated heterocycles. The number of hydrogen-bond acceptors (Lipinski definition) is 8. The summed E-state index contributed by atoms with van der Waals surface area (Å²) in [5.74, 6) is -0.648. The first kappa shape index (κ1) is 30.0. The molecule has 5 heterocycles. The number of hydrogen-bond donors (Lipinski definition) is 1. The molecular weight excluding hydrogens is 609 g/mol. The van der Waals surface area contributed by atoms with E-state index in [9.17, 15) is 14.3 Å². The molecule has 2 fully saturated rings. The van der Waals surface area contributed by atoms with Gasteiger partial charge in [-0.1, -0.05) is 18.1 Å². The van der Waals surface area contributed by atoms with Gasteiger partial charge in [0.1, 0.15) is 28.6 Å². The fraction of sp³-hybridized carbons (Fsp3) is 0.229. The van der Waals surface area contributed by atoms with Gasteiger partial charge in [0.25, 0.3) is 5.91 Å². The van der Waals surface area contributed by atoms with E-state index in [2.05, 4.69) is 25.9 Å². The fourth-order valence-corrected chi connectivity index (χ4v) is 6.58. The maximum atomic E-state index is 16.5. The summed E-state index contributed by atoms with van der Waals surface area (Å²) in [6.07, 6.45) is 11.1. The molecule has 7 rings (SSSR count). The Hall–Kier alpha value is -5.70. The molecule has 0 spiro atoms. The first-order valence-corrected chi connectivity index (χ1v) is 14.9. The normalized spacial score (nSPS) is 17.7. The molecule has 12 heteroatoms. The number of ether oxygens (including phenoxy) is 1. The third kappa shape index (κ3) is 5.13. The molecule has 2 aliphatic heterocycles. The van der Waals surface area contributed by atoms with Crippen LogP contribution in [0.25, 0.3) is 39.0 Å².